The lowest BCUT2D eigenvalue weighted by atomic mass is 9.85. The molecule has 0 aromatic heterocycles. The van der Waals surface area contributed by atoms with Crippen LogP contribution in [-0.2, 0) is 14.3 Å². The van der Waals surface area contributed by atoms with E-state index in [1.165, 1.54) is 0 Å². The van der Waals surface area contributed by atoms with Gasteiger partial charge in [-0.15, -0.1) is 0 Å². The molecule has 0 unspecified atom stereocenters. The van der Waals surface area contributed by atoms with E-state index in [2.05, 4.69) is 18.7 Å². The van der Waals surface area contributed by atoms with Crippen LogP contribution in [0.15, 0.2) is 4.99 Å². The maximum absolute atomic E-state index is 13.1. The van der Waals surface area contributed by atoms with E-state index in [0.29, 0.717) is 30.9 Å². The molecule has 7 nitrogen and oxygen atoms in total. The number of carbonyl (C=O) groups is 2. The van der Waals surface area contributed by atoms with Crippen LogP contribution in [0.4, 0.5) is 13.2 Å². The fourth-order valence-corrected chi connectivity index (χ4v) is 4.68. The molecule has 3 aliphatic rings. The fourth-order valence-electron chi connectivity index (χ4n) is 4.68. The van der Waals surface area contributed by atoms with Gasteiger partial charge in [0.15, 0.2) is 0 Å². The van der Waals surface area contributed by atoms with Crippen molar-refractivity contribution in [3.05, 3.63) is 0 Å². The Kier molecular flexibility index (Phi) is 7.32. The zero-order valence-electron chi connectivity index (χ0n) is 17.3. The van der Waals surface area contributed by atoms with Gasteiger partial charge in [0, 0.05) is 32.7 Å². The predicted molar refractivity (Wildman–Crippen MR) is 101 cm³/mol. The number of amides is 1. The predicted octanol–water partition coefficient (Wildman–Crippen LogP) is 2.26. The number of carbonyl (C=O) groups excluding carboxylic acids is 1. The van der Waals surface area contributed by atoms with E-state index in [1.807, 2.05) is 11.8 Å². The van der Waals surface area contributed by atoms with E-state index in [9.17, 15) is 18.0 Å². The van der Waals surface area contributed by atoms with Gasteiger partial charge in [-0.1, -0.05) is 13.8 Å². The van der Waals surface area contributed by atoms with Crippen molar-refractivity contribution in [3.8, 4) is 0 Å². The summed E-state index contributed by atoms with van der Waals surface area (Å²) in [6.07, 6.45) is -3.02. The quantitative estimate of drug-likeness (QED) is 0.736. The summed E-state index contributed by atoms with van der Waals surface area (Å²) >= 11 is 0. The Morgan fingerprint density at radius 2 is 2.00 bits per heavy atom. The first kappa shape index (κ1) is 23.6. The number of halogens is 3. The number of alkyl halides is 3. The number of hydrogen-bond acceptors (Lipinski definition) is 5. The van der Waals surface area contributed by atoms with Gasteiger partial charge in [-0.25, -0.2) is 4.79 Å². The number of methoxy groups -OCH3 is 1. The number of aliphatic carboxylic acids is 1. The molecular weight excluding hydrogens is 391 g/mol. The Labute approximate surface area is 168 Å². The Morgan fingerprint density at radius 3 is 2.52 bits per heavy atom. The van der Waals surface area contributed by atoms with Crippen LogP contribution in [0.5, 0.6) is 0 Å². The van der Waals surface area contributed by atoms with Crippen molar-refractivity contribution >= 4 is 17.7 Å². The Morgan fingerprint density at radius 1 is 1.38 bits per heavy atom. The number of likely N-dealkylation sites (tertiary alicyclic amines) is 1. The third kappa shape index (κ3) is 5.09. The van der Waals surface area contributed by atoms with Gasteiger partial charge < -0.3 is 14.7 Å². The second-order valence-electron chi connectivity index (χ2n) is 8.35. The van der Waals surface area contributed by atoms with Crippen molar-refractivity contribution in [1.82, 2.24) is 9.80 Å². The normalized spacial score (nSPS) is 29.3. The number of aliphatic imine (C=N–C) groups is 1. The second kappa shape index (κ2) is 8.99. The van der Waals surface area contributed by atoms with E-state index < -0.39 is 17.7 Å². The molecule has 2 heterocycles. The Hall–Kier alpha value is -1.68. The summed E-state index contributed by atoms with van der Waals surface area (Å²) in [5, 5.41) is 7.12. The van der Waals surface area contributed by atoms with Crippen molar-refractivity contribution < 1.29 is 32.6 Å². The van der Waals surface area contributed by atoms with Gasteiger partial charge in [-0.05, 0) is 31.6 Å². The second-order valence-corrected chi connectivity index (χ2v) is 8.35. The standard InChI is InChI=1S/C17H29N3O2.C2HF3O2/c1-12(2)9-19-10-14-5-6-17(15(14)11-19)16(21)20(7-8-22-4)13(3)18-17;3-2(4,5)1(6)7/h12,14-15H,5-11H2,1-4H3;(H,6,7)/t14-,15+,17-;/m1./s1. The van der Waals surface area contributed by atoms with Gasteiger partial charge in [0.05, 0.1) is 13.2 Å². The van der Waals surface area contributed by atoms with E-state index in [4.69, 9.17) is 19.6 Å². The summed E-state index contributed by atoms with van der Waals surface area (Å²) in [5.74, 6) is 0.0684. The summed E-state index contributed by atoms with van der Waals surface area (Å²) in [4.78, 5) is 31.2. The number of carboxylic acids is 1. The topological polar surface area (TPSA) is 82.4 Å². The number of amidine groups is 1. The monoisotopic (exact) mass is 421 g/mol. The van der Waals surface area contributed by atoms with E-state index >= 15 is 0 Å². The number of rotatable bonds is 5. The molecule has 1 saturated heterocycles. The Bertz CT molecular complexity index is 653. The smallest absolute Gasteiger partial charge is 0.475 e. The molecule has 1 N–H and O–H groups in total. The molecule has 166 valence electrons. The highest BCUT2D eigenvalue weighted by Gasteiger charge is 2.60. The molecule has 29 heavy (non-hydrogen) atoms. The van der Waals surface area contributed by atoms with Crippen molar-refractivity contribution in [2.24, 2.45) is 22.7 Å². The zero-order chi connectivity index (χ0) is 22.0. The van der Waals surface area contributed by atoms with Crippen LogP contribution in [0.3, 0.4) is 0 Å². The van der Waals surface area contributed by atoms with Crippen molar-refractivity contribution in [2.75, 3.05) is 39.9 Å². The van der Waals surface area contributed by atoms with Gasteiger partial charge in [-0.3, -0.25) is 14.7 Å². The summed E-state index contributed by atoms with van der Waals surface area (Å²) in [6.45, 7) is 11.0. The zero-order valence-corrected chi connectivity index (χ0v) is 17.3. The number of fused-ring (bicyclic) bond motifs is 2. The van der Waals surface area contributed by atoms with E-state index in [1.54, 1.807) is 7.11 Å². The summed E-state index contributed by atoms with van der Waals surface area (Å²) in [7, 11) is 1.68. The molecule has 0 bridgehead atoms. The molecule has 3 rings (SSSR count). The number of nitrogens with zero attached hydrogens (tertiary/aromatic N) is 3. The summed E-state index contributed by atoms with van der Waals surface area (Å²) < 4.78 is 36.9. The van der Waals surface area contributed by atoms with Crippen molar-refractivity contribution in [2.45, 2.75) is 45.3 Å². The lowest BCUT2D eigenvalue weighted by Crippen LogP contribution is -2.47. The molecule has 0 aromatic rings. The molecule has 0 aromatic carbocycles. The summed E-state index contributed by atoms with van der Waals surface area (Å²) in [6, 6.07) is 0. The molecule has 1 saturated carbocycles. The first-order valence-electron chi connectivity index (χ1n) is 9.82. The lowest BCUT2D eigenvalue weighted by Gasteiger charge is -2.28. The van der Waals surface area contributed by atoms with Crippen molar-refractivity contribution in [3.63, 3.8) is 0 Å². The van der Waals surface area contributed by atoms with Gasteiger partial charge in [0.1, 0.15) is 11.4 Å². The molecule has 0 radical (unpaired) electrons. The van der Waals surface area contributed by atoms with Crippen LogP contribution in [0.2, 0.25) is 0 Å². The van der Waals surface area contributed by atoms with Crippen LogP contribution in [-0.4, -0.2) is 84.2 Å². The van der Waals surface area contributed by atoms with Gasteiger partial charge in [0.25, 0.3) is 5.91 Å². The number of hydrogen-bond donors (Lipinski definition) is 1. The minimum atomic E-state index is -5.08. The average molecular weight is 421 g/mol. The molecule has 1 amide bonds. The van der Waals surface area contributed by atoms with Crippen LogP contribution < -0.4 is 0 Å². The van der Waals surface area contributed by atoms with Crippen LogP contribution >= 0.6 is 0 Å². The van der Waals surface area contributed by atoms with Gasteiger partial charge >= 0.3 is 12.1 Å². The largest absolute Gasteiger partial charge is 0.490 e. The number of ether oxygens (including phenoxy) is 1. The fraction of sp³-hybridized carbons (Fsp3) is 0.842. The highest BCUT2D eigenvalue weighted by Crippen LogP contribution is 2.50. The molecule has 1 aliphatic carbocycles. The van der Waals surface area contributed by atoms with Crippen LogP contribution in [0, 0.1) is 17.8 Å². The van der Waals surface area contributed by atoms with Crippen LogP contribution in [0.25, 0.3) is 0 Å². The van der Waals surface area contributed by atoms with Gasteiger partial charge in [0.2, 0.25) is 0 Å². The third-order valence-electron chi connectivity index (χ3n) is 5.78. The maximum atomic E-state index is 13.1. The number of carboxylic acid groups (broad SMARTS) is 1. The molecule has 2 fully saturated rings. The first-order valence-corrected chi connectivity index (χ1v) is 9.82. The minimum Gasteiger partial charge on any atom is -0.475 e. The van der Waals surface area contributed by atoms with Crippen molar-refractivity contribution in [1.29, 1.82) is 0 Å². The minimum absolute atomic E-state index is 0.223. The summed E-state index contributed by atoms with van der Waals surface area (Å²) in [5.41, 5.74) is -0.464. The average Bonchev–Trinajstić information content (AvgIpc) is 3.20. The lowest BCUT2D eigenvalue weighted by molar-refractivity contribution is -0.192. The maximum Gasteiger partial charge on any atom is 0.490 e. The third-order valence-corrected chi connectivity index (χ3v) is 5.78. The Balaban J connectivity index is 0.000000370. The highest BCUT2D eigenvalue weighted by molar-refractivity contribution is 6.07. The molecular formula is C19H30F3N3O4. The highest BCUT2D eigenvalue weighted by atomic mass is 19.4. The van der Waals surface area contributed by atoms with E-state index in [-0.39, 0.29) is 5.91 Å². The van der Waals surface area contributed by atoms with E-state index in [0.717, 1.165) is 38.3 Å². The van der Waals surface area contributed by atoms with Gasteiger partial charge in [-0.2, -0.15) is 13.2 Å². The molecule has 2 aliphatic heterocycles. The first-order chi connectivity index (χ1) is 13.4. The molecule has 1 spiro atoms. The van der Waals surface area contributed by atoms with Crippen LogP contribution in [0.1, 0.15) is 33.6 Å². The SMILES string of the molecule is COCCN1C(=O)[C@]2(CC[C@@H]3CN(CC(C)C)C[C@@H]32)N=C1C.O=C(O)C(F)(F)F. The molecule has 3 atom stereocenters. The molecule has 10 heteroatoms.